The van der Waals surface area contributed by atoms with Gasteiger partial charge in [0.25, 0.3) is 5.91 Å². The number of carbonyl (C=O) groups excluding carboxylic acids is 3. The second kappa shape index (κ2) is 4.66. The molecule has 0 saturated carbocycles. The molecule has 3 rings (SSSR count). The summed E-state index contributed by atoms with van der Waals surface area (Å²) < 4.78 is 13.7. The highest BCUT2D eigenvalue weighted by atomic mass is 79.9. The van der Waals surface area contributed by atoms with Crippen molar-refractivity contribution in [3.63, 3.8) is 0 Å². The Kier molecular flexibility index (Phi) is 3.08. The molecule has 104 valence electrons. The topological polar surface area (TPSA) is 66.5 Å². The van der Waals surface area contributed by atoms with Crippen LogP contribution in [0.2, 0.25) is 0 Å². The summed E-state index contributed by atoms with van der Waals surface area (Å²) in [5.41, 5.74) is 0.948. The van der Waals surface area contributed by atoms with Gasteiger partial charge < -0.3 is 4.90 Å². The third-order valence-electron chi connectivity index (χ3n) is 3.56. The van der Waals surface area contributed by atoms with Crippen LogP contribution in [0, 0.1) is 5.82 Å². The predicted octanol–water partition coefficient (Wildman–Crippen LogP) is 1.35. The van der Waals surface area contributed by atoms with Crippen LogP contribution in [-0.2, 0) is 16.1 Å². The lowest BCUT2D eigenvalue weighted by Crippen LogP contribution is -2.52. The smallest absolute Gasteiger partial charge is 0.255 e. The van der Waals surface area contributed by atoms with E-state index in [1.165, 1.54) is 17.0 Å². The highest BCUT2D eigenvalue weighted by molar-refractivity contribution is 9.10. The predicted molar refractivity (Wildman–Crippen MR) is 70.1 cm³/mol. The summed E-state index contributed by atoms with van der Waals surface area (Å²) in [7, 11) is 0. The number of hydrogen-bond donors (Lipinski definition) is 1. The van der Waals surface area contributed by atoms with Gasteiger partial charge in [0, 0.05) is 18.5 Å². The third kappa shape index (κ3) is 2.02. The quantitative estimate of drug-likeness (QED) is 0.785. The summed E-state index contributed by atoms with van der Waals surface area (Å²) >= 11 is 3.04. The Morgan fingerprint density at radius 1 is 1.30 bits per heavy atom. The van der Waals surface area contributed by atoms with Gasteiger partial charge in [0.2, 0.25) is 11.8 Å². The fraction of sp³-hybridized carbons (Fsp3) is 0.308. The van der Waals surface area contributed by atoms with Crippen molar-refractivity contribution in [3.05, 3.63) is 33.5 Å². The van der Waals surface area contributed by atoms with Gasteiger partial charge in [0.15, 0.2) is 0 Å². The summed E-state index contributed by atoms with van der Waals surface area (Å²) in [6, 6.07) is 2.05. The molecule has 0 aliphatic carbocycles. The molecule has 1 N–H and O–H groups in total. The number of nitrogens with zero attached hydrogens (tertiary/aromatic N) is 1. The third-order valence-corrected chi connectivity index (χ3v) is 4.17. The Morgan fingerprint density at radius 3 is 2.75 bits per heavy atom. The Labute approximate surface area is 122 Å². The van der Waals surface area contributed by atoms with E-state index in [0.717, 1.165) is 0 Å². The number of carbonyl (C=O) groups is 3. The van der Waals surface area contributed by atoms with Crippen molar-refractivity contribution in [1.29, 1.82) is 0 Å². The summed E-state index contributed by atoms with van der Waals surface area (Å²) in [6.07, 6.45) is 0.503. The Bertz CT molecular complexity index is 647. The zero-order chi connectivity index (χ0) is 14.4. The molecule has 7 heteroatoms. The first kappa shape index (κ1) is 13.2. The lowest BCUT2D eigenvalue weighted by atomic mass is 10.0. The normalized spacial score (nSPS) is 22.0. The standard InChI is InChI=1S/C13H10BrFN2O3/c14-8-4-7-6(3-9(8)15)5-17(13(7)20)10-1-2-11(18)16-12(10)19/h3-4,10H,1-2,5H2,(H,16,18,19). The van der Waals surface area contributed by atoms with Crippen LogP contribution in [0.15, 0.2) is 16.6 Å². The first-order chi connectivity index (χ1) is 9.47. The minimum Gasteiger partial charge on any atom is -0.322 e. The van der Waals surface area contributed by atoms with E-state index in [4.69, 9.17) is 0 Å². The molecule has 0 aromatic heterocycles. The number of hydrogen-bond acceptors (Lipinski definition) is 3. The van der Waals surface area contributed by atoms with E-state index in [-0.39, 0.29) is 29.3 Å². The molecule has 2 aliphatic heterocycles. The number of rotatable bonds is 1. The average Bonchev–Trinajstić information content (AvgIpc) is 2.68. The zero-order valence-electron chi connectivity index (χ0n) is 10.3. The van der Waals surface area contributed by atoms with E-state index < -0.39 is 17.8 Å². The van der Waals surface area contributed by atoms with Crippen LogP contribution < -0.4 is 5.32 Å². The second-order valence-electron chi connectivity index (χ2n) is 4.82. The molecule has 1 aromatic carbocycles. The molecule has 0 radical (unpaired) electrons. The van der Waals surface area contributed by atoms with Crippen molar-refractivity contribution in [2.75, 3.05) is 0 Å². The molecule has 1 atom stereocenters. The molecule has 2 aliphatic rings. The van der Waals surface area contributed by atoms with Gasteiger partial charge in [-0.2, -0.15) is 0 Å². The van der Waals surface area contributed by atoms with Gasteiger partial charge >= 0.3 is 0 Å². The lowest BCUT2D eigenvalue weighted by Gasteiger charge is -2.29. The van der Waals surface area contributed by atoms with Gasteiger partial charge in [0.05, 0.1) is 4.47 Å². The summed E-state index contributed by atoms with van der Waals surface area (Å²) in [5, 5.41) is 2.22. The van der Waals surface area contributed by atoms with Crippen molar-refractivity contribution in [3.8, 4) is 0 Å². The molecule has 0 bridgehead atoms. The molecule has 1 unspecified atom stereocenters. The van der Waals surface area contributed by atoms with Gasteiger partial charge in [-0.25, -0.2) is 4.39 Å². The molecule has 0 spiro atoms. The maximum atomic E-state index is 13.5. The van der Waals surface area contributed by atoms with Crippen LogP contribution in [0.5, 0.6) is 0 Å². The lowest BCUT2D eigenvalue weighted by molar-refractivity contribution is -0.136. The van der Waals surface area contributed by atoms with Crippen molar-refractivity contribution in [2.24, 2.45) is 0 Å². The SMILES string of the molecule is O=C1CCC(N2Cc3cc(F)c(Br)cc3C2=O)C(=O)N1. The number of amides is 3. The summed E-state index contributed by atoms with van der Waals surface area (Å²) in [6.45, 7) is 0.185. The van der Waals surface area contributed by atoms with Crippen LogP contribution in [0.3, 0.4) is 0 Å². The molecule has 2 heterocycles. The number of halogens is 2. The molecule has 3 amide bonds. The maximum Gasteiger partial charge on any atom is 0.255 e. The number of nitrogens with one attached hydrogen (secondary N) is 1. The van der Waals surface area contributed by atoms with Crippen molar-refractivity contribution in [1.82, 2.24) is 10.2 Å². The first-order valence-corrected chi connectivity index (χ1v) is 6.89. The van der Waals surface area contributed by atoms with Crippen LogP contribution in [-0.4, -0.2) is 28.7 Å². The molecule has 20 heavy (non-hydrogen) atoms. The second-order valence-corrected chi connectivity index (χ2v) is 5.68. The molecule has 1 saturated heterocycles. The largest absolute Gasteiger partial charge is 0.322 e. The van der Waals surface area contributed by atoms with Crippen LogP contribution in [0.4, 0.5) is 4.39 Å². The Balaban J connectivity index is 1.90. The average molecular weight is 341 g/mol. The number of benzene rings is 1. The fourth-order valence-electron chi connectivity index (χ4n) is 2.56. The Morgan fingerprint density at radius 2 is 2.05 bits per heavy atom. The van der Waals surface area contributed by atoms with E-state index in [0.29, 0.717) is 17.5 Å². The highest BCUT2D eigenvalue weighted by Crippen LogP contribution is 2.30. The summed E-state index contributed by atoms with van der Waals surface area (Å²) in [5.74, 6) is -1.55. The highest BCUT2D eigenvalue weighted by Gasteiger charge is 2.39. The van der Waals surface area contributed by atoms with Crippen molar-refractivity contribution >= 4 is 33.7 Å². The van der Waals surface area contributed by atoms with Crippen molar-refractivity contribution < 1.29 is 18.8 Å². The van der Waals surface area contributed by atoms with Gasteiger partial charge in [-0.3, -0.25) is 19.7 Å². The van der Waals surface area contributed by atoms with Crippen LogP contribution >= 0.6 is 15.9 Å². The maximum absolute atomic E-state index is 13.5. The van der Waals surface area contributed by atoms with E-state index >= 15 is 0 Å². The zero-order valence-corrected chi connectivity index (χ0v) is 11.9. The van der Waals surface area contributed by atoms with Gasteiger partial charge in [-0.15, -0.1) is 0 Å². The van der Waals surface area contributed by atoms with Crippen LogP contribution in [0.1, 0.15) is 28.8 Å². The monoisotopic (exact) mass is 340 g/mol. The van der Waals surface area contributed by atoms with E-state index in [1.807, 2.05) is 0 Å². The molecule has 1 aromatic rings. The van der Waals surface area contributed by atoms with Crippen LogP contribution in [0.25, 0.3) is 0 Å². The number of piperidine rings is 1. The number of imide groups is 1. The fourth-order valence-corrected chi connectivity index (χ4v) is 2.90. The van der Waals surface area contributed by atoms with E-state index in [1.54, 1.807) is 0 Å². The first-order valence-electron chi connectivity index (χ1n) is 6.10. The Hall–Kier alpha value is -1.76. The molecule has 1 fully saturated rings. The molecular formula is C13H10BrFN2O3. The van der Waals surface area contributed by atoms with Crippen molar-refractivity contribution in [2.45, 2.75) is 25.4 Å². The van der Waals surface area contributed by atoms with Gasteiger partial charge in [0.1, 0.15) is 11.9 Å². The summed E-state index contributed by atoms with van der Waals surface area (Å²) in [4.78, 5) is 36.6. The molecule has 5 nitrogen and oxygen atoms in total. The minimum absolute atomic E-state index is 0.185. The minimum atomic E-state index is -0.672. The van der Waals surface area contributed by atoms with E-state index in [2.05, 4.69) is 21.2 Å². The molecular weight excluding hydrogens is 331 g/mol. The van der Waals surface area contributed by atoms with Gasteiger partial charge in [-0.1, -0.05) is 0 Å². The number of fused-ring (bicyclic) bond motifs is 1. The van der Waals surface area contributed by atoms with E-state index in [9.17, 15) is 18.8 Å². The van der Waals surface area contributed by atoms with Gasteiger partial charge in [-0.05, 0) is 40.0 Å².